The summed E-state index contributed by atoms with van der Waals surface area (Å²) < 4.78 is 2.17. The number of nitrogens with zero attached hydrogens (tertiary/aromatic N) is 2. The van der Waals surface area contributed by atoms with E-state index < -0.39 is 0 Å². The number of aromatic nitrogens is 2. The molecular formula is C13H21N3OS2. The third kappa shape index (κ3) is 3.95. The predicted molar refractivity (Wildman–Crippen MR) is 82.0 cm³/mol. The molecule has 0 unspecified atom stereocenters. The lowest BCUT2D eigenvalue weighted by Gasteiger charge is -2.08. The van der Waals surface area contributed by atoms with Gasteiger partial charge in [0.1, 0.15) is 5.03 Å². The molecule has 0 aliphatic carbocycles. The van der Waals surface area contributed by atoms with Crippen molar-refractivity contribution in [2.75, 3.05) is 18.9 Å². The average molecular weight is 299 g/mol. The Morgan fingerprint density at radius 3 is 3.11 bits per heavy atom. The fourth-order valence-electron chi connectivity index (χ4n) is 1.80. The fourth-order valence-corrected chi connectivity index (χ4v) is 3.55. The van der Waals surface area contributed by atoms with Gasteiger partial charge >= 0.3 is 0 Å². The second-order valence-corrected chi connectivity index (χ2v) is 6.83. The minimum Gasteiger partial charge on any atom is -0.396 e. The summed E-state index contributed by atoms with van der Waals surface area (Å²) in [6.07, 6.45) is 2.89. The van der Waals surface area contributed by atoms with Crippen molar-refractivity contribution >= 4 is 28.1 Å². The highest BCUT2D eigenvalue weighted by molar-refractivity contribution is 7.99. The van der Waals surface area contributed by atoms with Gasteiger partial charge in [-0.2, -0.15) is 0 Å². The van der Waals surface area contributed by atoms with E-state index in [0.29, 0.717) is 5.92 Å². The van der Waals surface area contributed by atoms with Gasteiger partial charge in [0.05, 0.1) is 5.69 Å². The molecule has 2 aromatic rings. The molecular weight excluding hydrogens is 278 g/mol. The van der Waals surface area contributed by atoms with Crippen LogP contribution in [0.4, 0.5) is 0 Å². The monoisotopic (exact) mass is 299 g/mol. The number of hydrogen-bond acceptors (Lipinski definition) is 5. The summed E-state index contributed by atoms with van der Waals surface area (Å²) in [4.78, 5) is 5.71. The minimum absolute atomic E-state index is 0.246. The molecule has 0 aliphatic rings. The predicted octanol–water partition coefficient (Wildman–Crippen LogP) is 2.62. The van der Waals surface area contributed by atoms with E-state index in [9.17, 15) is 0 Å². The van der Waals surface area contributed by atoms with Gasteiger partial charge in [-0.1, -0.05) is 13.8 Å². The quantitative estimate of drug-likeness (QED) is 0.581. The highest BCUT2D eigenvalue weighted by atomic mass is 32.2. The molecule has 106 valence electrons. The standard InChI is InChI=1S/C13H21N3OS2/c1-10(2)8-14-9-11-12(18-6-3-5-17)15-13-16(11)4-7-19-13/h4,7,10,14,17H,3,5-6,8-9H2,1-2H3. The lowest BCUT2D eigenvalue weighted by atomic mass is 10.2. The van der Waals surface area contributed by atoms with E-state index >= 15 is 0 Å². The Balaban J connectivity index is 2.07. The number of aliphatic hydroxyl groups is 1. The zero-order valence-electron chi connectivity index (χ0n) is 11.4. The summed E-state index contributed by atoms with van der Waals surface area (Å²) in [6, 6.07) is 0. The minimum atomic E-state index is 0.246. The van der Waals surface area contributed by atoms with Crippen LogP contribution in [0.5, 0.6) is 0 Å². The van der Waals surface area contributed by atoms with E-state index in [4.69, 9.17) is 5.11 Å². The SMILES string of the molecule is CC(C)CNCc1c(SCCCO)nc2sccn12. The van der Waals surface area contributed by atoms with Crippen LogP contribution in [-0.4, -0.2) is 33.4 Å². The van der Waals surface area contributed by atoms with Crippen LogP contribution in [0.2, 0.25) is 0 Å². The van der Waals surface area contributed by atoms with Crippen LogP contribution >= 0.6 is 23.1 Å². The fraction of sp³-hybridized carbons (Fsp3) is 0.615. The van der Waals surface area contributed by atoms with Crippen molar-refractivity contribution in [3.05, 3.63) is 17.3 Å². The molecule has 0 atom stereocenters. The molecule has 0 aliphatic heterocycles. The van der Waals surface area contributed by atoms with Gasteiger partial charge in [0.2, 0.25) is 0 Å². The van der Waals surface area contributed by atoms with Crippen molar-refractivity contribution < 1.29 is 5.11 Å². The summed E-state index contributed by atoms with van der Waals surface area (Å²) in [5.41, 5.74) is 1.24. The Labute approximate surface area is 122 Å². The van der Waals surface area contributed by atoms with Crippen molar-refractivity contribution in [2.24, 2.45) is 5.92 Å². The highest BCUT2D eigenvalue weighted by Gasteiger charge is 2.13. The van der Waals surface area contributed by atoms with Gasteiger partial charge in [-0.15, -0.1) is 23.1 Å². The van der Waals surface area contributed by atoms with Crippen molar-refractivity contribution in [1.29, 1.82) is 0 Å². The van der Waals surface area contributed by atoms with E-state index in [1.165, 1.54) is 5.69 Å². The van der Waals surface area contributed by atoms with Gasteiger partial charge in [-0.3, -0.25) is 4.40 Å². The Morgan fingerprint density at radius 1 is 1.53 bits per heavy atom. The van der Waals surface area contributed by atoms with E-state index in [1.54, 1.807) is 23.1 Å². The van der Waals surface area contributed by atoms with Gasteiger partial charge < -0.3 is 10.4 Å². The number of nitrogens with one attached hydrogen (secondary N) is 1. The number of fused-ring (bicyclic) bond motifs is 1. The van der Waals surface area contributed by atoms with Crippen molar-refractivity contribution in [3.63, 3.8) is 0 Å². The summed E-state index contributed by atoms with van der Waals surface area (Å²) in [5, 5.41) is 15.5. The van der Waals surface area contributed by atoms with E-state index in [-0.39, 0.29) is 6.61 Å². The van der Waals surface area contributed by atoms with Gasteiger partial charge in [0.25, 0.3) is 0 Å². The van der Waals surface area contributed by atoms with Gasteiger partial charge in [0.15, 0.2) is 4.96 Å². The number of thioether (sulfide) groups is 1. The first-order chi connectivity index (χ1) is 9.22. The maximum atomic E-state index is 8.87. The molecule has 0 saturated carbocycles. The number of hydrogen-bond donors (Lipinski definition) is 2. The molecule has 2 N–H and O–H groups in total. The molecule has 2 heterocycles. The number of rotatable bonds is 8. The summed E-state index contributed by atoms with van der Waals surface area (Å²) in [7, 11) is 0. The van der Waals surface area contributed by atoms with Crippen LogP contribution in [0, 0.1) is 5.92 Å². The molecule has 0 amide bonds. The molecule has 0 bridgehead atoms. The third-order valence-electron chi connectivity index (χ3n) is 2.71. The first-order valence-electron chi connectivity index (χ1n) is 6.61. The Kier molecular flexibility index (Phi) is 5.69. The van der Waals surface area contributed by atoms with E-state index in [0.717, 1.165) is 35.3 Å². The van der Waals surface area contributed by atoms with Crippen molar-refractivity contribution in [3.8, 4) is 0 Å². The number of imidazole rings is 1. The van der Waals surface area contributed by atoms with Crippen LogP contribution in [0.1, 0.15) is 26.0 Å². The molecule has 0 fully saturated rings. The van der Waals surface area contributed by atoms with Crippen LogP contribution in [0.25, 0.3) is 4.96 Å². The van der Waals surface area contributed by atoms with Gasteiger partial charge in [-0.05, 0) is 18.9 Å². The zero-order valence-corrected chi connectivity index (χ0v) is 13.1. The molecule has 0 saturated heterocycles. The number of thiazole rings is 1. The summed E-state index contributed by atoms with van der Waals surface area (Å²) in [5.74, 6) is 1.56. The maximum absolute atomic E-state index is 8.87. The van der Waals surface area contributed by atoms with Crippen LogP contribution in [0.15, 0.2) is 16.6 Å². The highest BCUT2D eigenvalue weighted by Crippen LogP contribution is 2.26. The first kappa shape index (κ1) is 14.8. The van der Waals surface area contributed by atoms with Crippen LogP contribution in [-0.2, 0) is 6.54 Å². The normalized spacial score (nSPS) is 11.8. The Bertz CT molecular complexity index is 507. The molecule has 19 heavy (non-hydrogen) atoms. The average Bonchev–Trinajstić information content (AvgIpc) is 2.92. The molecule has 2 aromatic heterocycles. The molecule has 2 rings (SSSR count). The van der Waals surface area contributed by atoms with Crippen LogP contribution < -0.4 is 5.32 Å². The molecule has 4 nitrogen and oxygen atoms in total. The Hall–Kier alpha value is -0.560. The lowest BCUT2D eigenvalue weighted by molar-refractivity contribution is 0.296. The second-order valence-electron chi connectivity index (χ2n) is 4.87. The van der Waals surface area contributed by atoms with E-state index in [1.807, 2.05) is 0 Å². The summed E-state index contributed by atoms with van der Waals surface area (Å²) in [6.45, 7) is 6.52. The Morgan fingerprint density at radius 2 is 2.37 bits per heavy atom. The van der Waals surface area contributed by atoms with Crippen molar-refractivity contribution in [2.45, 2.75) is 31.8 Å². The van der Waals surface area contributed by atoms with Gasteiger partial charge in [0, 0.05) is 30.5 Å². The lowest BCUT2D eigenvalue weighted by Crippen LogP contribution is -2.20. The zero-order chi connectivity index (χ0) is 13.7. The largest absolute Gasteiger partial charge is 0.396 e. The van der Waals surface area contributed by atoms with Gasteiger partial charge in [-0.25, -0.2) is 4.98 Å². The topological polar surface area (TPSA) is 49.6 Å². The van der Waals surface area contributed by atoms with Crippen molar-refractivity contribution in [1.82, 2.24) is 14.7 Å². The van der Waals surface area contributed by atoms with E-state index in [2.05, 4.69) is 40.1 Å². The smallest absolute Gasteiger partial charge is 0.194 e. The second kappa shape index (κ2) is 7.28. The number of aliphatic hydroxyl groups excluding tert-OH is 1. The maximum Gasteiger partial charge on any atom is 0.194 e. The molecule has 0 aromatic carbocycles. The molecule has 0 spiro atoms. The molecule has 0 radical (unpaired) electrons. The first-order valence-corrected chi connectivity index (χ1v) is 8.47. The molecule has 6 heteroatoms. The third-order valence-corrected chi connectivity index (χ3v) is 4.56. The summed E-state index contributed by atoms with van der Waals surface area (Å²) >= 11 is 3.40. The van der Waals surface area contributed by atoms with Crippen LogP contribution in [0.3, 0.4) is 0 Å².